The number of rotatable bonds is 3. The first-order valence-electron chi connectivity index (χ1n) is 5.63. The van der Waals surface area contributed by atoms with Crippen LogP contribution in [0.4, 0.5) is 0 Å². The fraction of sp³-hybridized carbons (Fsp3) is 0.571. The van der Waals surface area contributed by atoms with Crippen molar-refractivity contribution in [1.29, 1.82) is 0 Å². The predicted molar refractivity (Wildman–Crippen MR) is 64.3 cm³/mol. The molecule has 1 saturated carbocycles. The molecule has 0 radical (unpaired) electrons. The summed E-state index contributed by atoms with van der Waals surface area (Å²) < 4.78 is 0. The molecule has 1 rings (SSSR count). The van der Waals surface area contributed by atoms with E-state index in [9.17, 15) is 0 Å². The topological polar surface area (TPSA) is 0 Å². The minimum atomic E-state index is 0.818. The van der Waals surface area contributed by atoms with Crippen LogP contribution >= 0.6 is 0 Å². The molecule has 1 aliphatic carbocycles. The van der Waals surface area contributed by atoms with Gasteiger partial charge in [0.25, 0.3) is 0 Å². The lowest BCUT2D eigenvalue weighted by atomic mass is 9.93. The lowest BCUT2D eigenvalue weighted by Crippen LogP contribution is -1.97. The van der Waals surface area contributed by atoms with Gasteiger partial charge in [-0.05, 0) is 45.1 Å². The van der Waals surface area contributed by atoms with Crippen molar-refractivity contribution in [1.82, 2.24) is 0 Å². The summed E-state index contributed by atoms with van der Waals surface area (Å²) in [7, 11) is 0. The molecule has 0 aliphatic heterocycles. The molecular formula is C14H22. The van der Waals surface area contributed by atoms with Gasteiger partial charge in [0.1, 0.15) is 0 Å². The molecule has 0 atom stereocenters. The van der Waals surface area contributed by atoms with Gasteiger partial charge in [0.2, 0.25) is 0 Å². The zero-order chi connectivity index (χ0) is 10.6. The first-order valence-corrected chi connectivity index (χ1v) is 5.63. The van der Waals surface area contributed by atoms with Crippen LogP contribution in [0.15, 0.2) is 35.5 Å². The maximum Gasteiger partial charge on any atom is -0.0197 e. The molecule has 0 unspecified atom stereocenters. The Morgan fingerprint density at radius 3 is 2.14 bits per heavy atom. The normalized spacial score (nSPS) is 19.1. The van der Waals surface area contributed by atoms with Crippen LogP contribution in [0.25, 0.3) is 0 Å². The van der Waals surface area contributed by atoms with E-state index in [0.717, 1.165) is 5.92 Å². The van der Waals surface area contributed by atoms with E-state index in [-0.39, 0.29) is 0 Å². The molecular weight excluding hydrogens is 168 g/mol. The molecule has 14 heavy (non-hydrogen) atoms. The molecule has 0 heterocycles. The van der Waals surface area contributed by atoms with Crippen molar-refractivity contribution in [2.45, 2.75) is 46.5 Å². The fourth-order valence-corrected chi connectivity index (χ4v) is 2.24. The second-order valence-electron chi connectivity index (χ2n) is 4.55. The Morgan fingerprint density at radius 1 is 1.14 bits per heavy atom. The molecule has 0 aromatic carbocycles. The molecule has 0 nitrogen and oxygen atoms in total. The molecule has 78 valence electrons. The summed E-state index contributed by atoms with van der Waals surface area (Å²) in [6, 6.07) is 0. The standard InChI is InChI=1S/C14H22/c1-5-13(10-11(2)3)12(4)14-8-6-7-9-14/h5,10,14H,1,6-9H2,2-4H3/b13-12+. The van der Waals surface area contributed by atoms with Gasteiger partial charge in [0.05, 0.1) is 0 Å². The minimum Gasteiger partial charge on any atom is -0.0985 e. The largest absolute Gasteiger partial charge is 0.0985 e. The third kappa shape index (κ3) is 2.87. The Hall–Kier alpha value is -0.780. The van der Waals surface area contributed by atoms with Crippen LogP contribution in [0, 0.1) is 5.92 Å². The van der Waals surface area contributed by atoms with Gasteiger partial charge in [-0.1, -0.05) is 42.7 Å². The lowest BCUT2D eigenvalue weighted by Gasteiger charge is -2.12. The molecule has 0 spiro atoms. The molecule has 0 aromatic rings. The summed E-state index contributed by atoms with van der Waals surface area (Å²) in [5.74, 6) is 0.818. The van der Waals surface area contributed by atoms with Crippen LogP contribution < -0.4 is 0 Å². The molecule has 0 N–H and O–H groups in total. The Morgan fingerprint density at radius 2 is 1.71 bits per heavy atom. The van der Waals surface area contributed by atoms with Gasteiger partial charge in [-0.2, -0.15) is 0 Å². The van der Waals surface area contributed by atoms with Crippen molar-refractivity contribution < 1.29 is 0 Å². The van der Waals surface area contributed by atoms with Crippen molar-refractivity contribution in [2.24, 2.45) is 5.92 Å². The highest BCUT2D eigenvalue weighted by Gasteiger charge is 2.17. The summed E-state index contributed by atoms with van der Waals surface area (Å²) in [5, 5.41) is 0. The third-order valence-corrected chi connectivity index (χ3v) is 3.09. The Bertz CT molecular complexity index is 256. The number of hydrogen-bond acceptors (Lipinski definition) is 0. The summed E-state index contributed by atoms with van der Waals surface area (Å²) >= 11 is 0. The van der Waals surface area contributed by atoms with E-state index in [1.807, 2.05) is 6.08 Å². The van der Waals surface area contributed by atoms with E-state index >= 15 is 0 Å². The van der Waals surface area contributed by atoms with Crippen molar-refractivity contribution in [2.75, 3.05) is 0 Å². The SMILES string of the molecule is C=C/C(C=C(C)C)=C(/C)C1CCCC1. The van der Waals surface area contributed by atoms with E-state index < -0.39 is 0 Å². The number of allylic oxidation sites excluding steroid dienone is 5. The summed E-state index contributed by atoms with van der Waals surface area (Å²) in [6.45, 7) is 10.5. The molecule has 1 fully saturated rings. The maximum absolute atomic E-state index is 3.90. The predicted octanol–water partition coefficient (Wildman–Crippen LogP) is 4.65. The van der Waals surface area contributed by atoms with Crippen molar-refractivity contribution in [3.05, 3.63) is 35.5 Å². The number of hydrogen-bond donors (Lipinski definition) is 0. The zero-order valence-corrected chi connectivity index (χ0v) is 9.77. The monoisotopic (exact) mass is 190 g/mol. The summed E-state index contributed by atoms with van der Waals surface area (Å²) in [5.41, 5.74) is 4.24. The van der Waals surface area contributed by atoms with E-state index in [1.165, 1.54) is 36.8 Å². The van der Waals surface area contributed by atoms with Crippen molar-refractivity contribution >= 4 is 0 Å². The molecule has 0 aromatic heterocycles. The second kappa shape index (κ2) is 5.19. The first-order chi connectivity index (χ1) is 6.65. The van der Waals surface area contributed by atoms with Gasteiger partial charge >= 0.3 is 0 Å². The first kappa shape index (κ1) is 11.3. The van der Waals surface area contributed by atoms with Gasteiger partial charge in [0.15, 0.2) is 0 Å². The minimum absolute atomic E-state index is 0.818. The second-order valence-corrected chi connectivity index (χ2v) is 4.55. The average Bonchev–Trinajstić information content (AvgIpc) is 2.65. The van der Waals surface area contributed by atoms with Crippen molar-refractivity contribution in [3.8, 4) is 0 Å². The fourth-order valence-electron chi connectivity index (χ4n) is 2.24. The van der Waals surface area contributed by atoms with Gasteiger partial charge in [-0.25, -0.2) is 0 Å². The van der Waals surface area contributed by atoms with E-state index in [2.05, 4.69) is 33.4 Å². The highest BCUT2D eigenvalue weighted by atomic mass is 14.2. The van der Waals surface area contributed by atoms with E-state index in [0.29, 0.717) is 0 Å². The van der Waals surface area contributed by atoms with Crippen LogP contribution in [0.5, 0.6) is 0 Å². The highest BCUT2D eigenvalue weighted by molar-refractivity contribution is 5.36. The van der Waals surface area contributed by atoms with Gasteiger partial charge in [-0.3, -0.25) is 0 Å². The van der Waals surface area contributed by atoms with E-state index in [1.54, 1.807) is 5.57 Å². The Balaban J connectivity index is 2.86. The Labute approximate surface area is 88.4 Å². The van der Waals surface area contributed by atoms with Crippen LogP contribution in [-0.2, 0) is 0 Å². The Kier molecular flexibility index (Phi) is 4.19. The van der Waals surface area contributed by atoms with Gasteiger partial charge in [-0.15, -0.1) is 0 Å². The zero-order valence-electron chi connectivity index (χ0n) is 9.77. The van der Waals surface area contributed by atoms with Crippen LogP contribution in [-0.4, -0.2) is 0 Å². The molecule has 0 amide bonds. The molecule has 1 aliphatic rings. The van der Waals surface area contributed by atoms with Crippen LogP contribution in [0.2, 0.25) is 0 Å². The van der Waals surface area contributed by atoms with Crippen LogP contribution in [0.1, 0.15) is 46.5 Å². The van der Waals surface area contributed by atoms with Crippen molar-refractivity contribution in [3.63, 3.8) is 0 Å². The van der Waals surface area contributed by atoms with Crippen LogP contribution in [0.3, 0.4) is 0 Å². The quantitative estimate of drug-likeness (QED) is 0.568. The molecule has 0 saturated heterocycles. The summed E-state index contributed by atoms with van der Waals surface area (Å²) in [6.07, 6.45) is 9.81. The van der Waals surface area contributed by atoms with Gasteiger partial charge in [0, 0.05) is 0 Å². The van der Waals surface area contributed by atoms with Gasteiger partial charge < -0.3 is 0 Å². The maximum atomic E-state index is 3.90. The van der Waals surface area contributed by atoms with E-state index in [4.69, 9.17) is 0 Å². The summed E-state index contributed by atoms with van der Waals surface area (Å²) in [4.78, 5) is 0. The molecule has 0 bridgehead atoms. The molecule has 0 heteroatoms. The lowest BCUT2D eigenvalue weighted by molar-refractivity contribution is 0.639. The highest BCUT2D eigenvalue weighted by Crippen LogP contribution is 2.33. The smallest absolute Gasteiger partial charge is 0.0197 e. The average molecular weight is 190 g/mol. The third-order valence-electron chi connectivity index (χ3n) is 3.09.